The van der Waals surface area contributed by atoms with Gasteiger partial charge in [-0.25, -0.2) is 0 Å². The smallest absolute Gasteiger partial charge is 0.323 e. The SMILES string of the molecule is CC(C(=O)N(CC(=O)O)Cc1ccc(Cl)cc1)C1CC1. The monoisotopic (exact) mass is 295 g/mol. The molecular weight excluding hydrogens is 278 g/mol. The Morgan fingerprint density at radius 1 is 1.35 bits per heavy atom. The molecule has 1 aromatic carbocycles. The molecule has 1 amide bonds. The van der Waals surface area contributed by atoms with Gasteiger partial charge in [-0.2, -0.15) is 0 Å². The van der Waals surface area contributed by atoms with E-state index < -0.39 is 5.97 Å². The first kappa shape index (κ1) is 14.9. The molecule has 1 atom stereocenters. The lowest BCUT2D eigenvalue weighted by Crippen LogP contribution is -2.39. The van der Waals surface area contributed by atoms with Crippen molar-refractivity contribution in [1.29, 1.82) is 0 Å². The van der Waals surface area contributed by atoms with E-state index in [0.29, 0.717) is 17.5 Å². The molecule has 1 aromatic rings. The molecule has 0 radical (unpaired) electrons. The van der Waals surface area contributed by atoms with Crippen LogP contribution in [0, 0.1) is 11.8 Å². The number of carboxylic acids is 1. The van der Waals surface area contributed by atoms with Crippen molar-refractivity contribution in [2.45, 2.75) is 26.3 Å². The summed E-state index contributed by atoms with van der Waals surface area (Å²) in [5, 5.41) is 9.60. The van der Waals surface area contributed by atoms with E-state index in [-0.39, 0.29) is 18.4 Å². The lowest BCUT2D eigenvalue weighted by molar-refractivity contribution is -0.146. The first-order chi connectivity index (χ1) is 9.47. The standard InChI is InChI=1S/C15H18ClNO3/c1-10(12-4-5-12)15(20)17(9-14(18)19)8-11-2-6-13(16)7-3-11/h2-3,6-7,10,12H,4-5,8-9H2,1H3,(H,18,19). The number of carboxylic acid groups (broad SMARTS) is 1. The molecule has 0 aliphatic heterocycles. The van der Waals surface area contributed by atoms with Crippen molar-refractivity contribution in [1.82, 2.24) is 4.90 Å². The summed E-state index contributed by atoms with van der Waals surface area (Å²) in [6.45, 7) is 1.93. The minimum atomic E-state index is -0.990. The Morgan fingerprint density at radius 2 is 1.95 bits per heavy atom. The topological polar surface area (TPSA) is 57.6 Å². The van der Waals surface area contributed by atoms with Crippen LogP contribution in [0.5, 0.6) is 0 Å². The minimum Gasteiger partial charge on any atom is -0.480 e. The number of hydrogen-bond acceptors (Lipinski definition) is 2. The maximum atomic E-state index is 12.4. The van der Waals surface area contributed by atoms with Gasteiger partial charge in [0.15, 0.2) is 0 Å². The molecule has 1 N–H and O–H groups in total. The summed E-state index contributed by atoms with van der Waals surface area (Å²) < 4.78 is 0. The van der Waals surface area contributed by atoms with Crippen LogP contribution in [-0.2, 0) is 16.1 Å². The van der Waals surface area contributed by atoms with Crippen LogP contribution in [-0.4, -0.2) is 28.4 Å². The maximum Gasteiger partial charge on any atom is 0.323 e. The second kappa shape index (κ2) is 6.27. The van der Waals surface area contributed by atoms with Gasteiger partial charge in [0.25, 0.3) is 0 Å². The van der Waals surface area contributed by atoms with E-state index in [2.05, 4.69) is 0 Å². The zero-order chi connectivity index (χ0) is 14.7. The summed E-state index contributed by atoms with van der Waals surface area (Å²) >= 11 is 5.82. The molecule has 1 aliphatic rings. The number of benzene rings is 1. The van der Waals surface area contributed by atoms with E-state index in [1.54, 1.807) is 12.1 Å². The van der Waals surface area contributed by atoms with E-state index in [4.69, 9.17) is 16.7 Å². The average Bonchev–Trinajstić information content (AvgIpc) is 3.22. The fourth-order valence-electron chi connectivity index (χ4n) is 2.27. The van der Waals surface area contributed by atoms with Gasteiger partial charge in [-0.05, 0) is 36.5 Å². The van der Waals surface area contributed by atoms with E-state index in [1.165, 1.54) is 4.90 Å². The summed E-state index contributed by atoms with van der Waals surface area (Å²) in [6, 6.07) is 7.10. The van der Waals surface area contributed by atoms with Crippen LogP contribution in [0.15, 0.2) is 24.3 Å². The quantitative estimate of drug-likeness (QED) is 0.878. The number of nitrogens with zero attached hydrogens (tertiary/aromatic N) is 1. The molecule has 108 valence electrons. The molecule has 0 bridgehead atoms. The Bertz CT molecular complexity index is 496. The van der Waals surface area contributed by atoms with Gasteiger partial charge in [0, 0.05) is 17.5 Å². The Hall–Kier alpha value is -1.55. The summed E-state index contributed by atoms with van der Waals surface area (Å²) in [5.41, 5.74) is 0.881. The predicted molar refractivity (Wildman–Crippen MR) is 76.4 cm³/mol. The normalized spacial score (nSPS) is 15.7. The molecule has 0 saturated heterocycles. The Labute approximate surface area is 123 Å². The number of rotatable bonds is 6. The van der Waals surface area contributed by atoms with Gasteiger partial charge in [0.1, 0.15) is 6.54 Å². The fourth-order valence-corrected chi connectivity index (χ4v) is 2.40. The Kier molecular flexibility index (Phi) is 4.65. The highest BCUT2D eigenvalue weighted by molar-refractivity contribution is 6.30. The van der Waals surface area contributed by atoms with Crippen molar-refractivity contribution in [2.75, 3.05) is 6.54 Å². The average molecular weight is 296 g/mol. The van der Waals surface area contributed by atoms with Crippen LogP contribution in [0.25, 0.3) is 0 Å². The second-order valence-corrected chi connectivity index (χ2v) is 5.78. The van der Waals surface area contributed by atoms with E-state index in [0.717, 1.165) is 18.4 Å². The molecule has 2 rings (SSSR count). The van der Waals surface area contributed by atoms with Crippen LogP contribution < -0.4 is 0 Å². The zero-order valence-corrected chi connectivity index (χ0v) is 12.1. The zero-order valence-electron chi connectivity index (χ0n) is 11.4. The molecule has 0 spiro atoms. The van der Waals surface area contributed by atoms with Crippen molar-refractivity contribution in [3.63, 3.8) is 0 Å². The third-order valence-electron chi connectivity index (χ3n) is 3.64. The largest absolute Gasteiger partial charge is 0.480 e. The predicted octanol–water partition coefficient (Wildman–Crippen LogP) is 2.80. The van der Waals surface area contributed by atoms with Gasteiger partial charge in [0.05, 0.1) is 0 Å². The number of amides is 1. The third-order valence-corrected chi connectivity index (χ3v) is 3.90. The molecule has 0 heterocycles. The number of carbonyl (C=O) groups excluding carboxylic acids is 1. The second-order valence-electron chi connectivity index (χ2n) is 5.34. The Morgan fingerprint density at radius 3 is 2.45 bits per heavy atom. The number of aliphatic carboxylic acids is 1. The summed E-state index contributed by atoms with van der Waals surface area (Å²) in [7, 11) is 0. The van der Waals surface area contributed by atoms with Crippen LogP contribution in [0.1, 0.15) is 25.3 Å². The van der Waals surface area contributed by atoms with Crippen LogP contribution in [0.3, 0.4) is 0 Å². The number of hydrogen-bond donors (Lipinski definition) is 1. The van der Waals surface area contributed by atoms with Crippen LogP contribution >= 0.6 is 11.6 Å². The first-order valence-corrected chi connectivity index (χ1v) is 7.10. The molecule has 20 heavy (non-hydrogen) atoms. The highest BCUT2D eigenvalue weighted by Crippen LogP contribution is 2.37. The van der Waals surface area contributed by atoms with Crippen molar-refractivity contribution < 1.29 is 14.7 Å². The molecule has 1 unspecified atom stereocenters. The van der Waals surface area contributed by atoms with Crippen molar-refractivity contribution >= 4 is 23.5 Å². The molecule has 4 nitrogen and oxygen atoms in total. The van der Waals surface area contributed by atoms with Crippen LogP contribution in [0.2, 0.25) is 5.02 Å². The van der Waals surface area contributed by atoms with Crippen molar-refractivity contribution in [2.24, 2.45) is 11.8 Å². The van der Waals surface area contributed by atoms with Crippen molar-refractivity contribution in [3.8, 4) is 0 Å². The highest BCUT2D eigenvalue weighted by atomic mass is 35.5. The van der Waals surface area contributed by atoms with Gasteiger partial charge >= 0.3 is 5.97 Å². The van der Waals surface area contributed by atoms with Gasteiger partial charge in [-0.15, -0.1) is 0 Å². The first-order valence-electron chi connectivity index (χ1n) is 6.72. The van der Waals surface area contributed by atoms with Gasteiger partial charge in [0.2, 0.25) is 5.91 Å². The van der Waals surface area contributed by atoms with Gasteiger partial charge < -0.3 is 10.0 Å². The van der Waals surface area contributed by atoms with E-state index in [9.17, 15) is 9.59 Å². The Balaban J connectivity index is 2.07. The summed E-state index contributed by atoms with van der Waals surface area (Å²) in [5.74, 6) is -0.745. The van der Waals surface area contributed by atoms with E-state index in [1.807, 2.05) is 19.1 Å². The molecular formula is C15H18ClNO3. The minimum absolute atomic E-state index is 0.0788. The number of carbonyl (C=O) groups is 2. The molecule has 1 aliphatic carbocycles. The molecule has 1 fully saturated rings. The lowest BCUT2D eigenvalue weighted by Gasteiger charge is -2.24. The summed E-state index contributed by atoms with van der Waals surface area (Å²) in [4.78, 5) is 24.7. The summed E-state index contributed by atoms with van der Waals surface area (Å²) in [6.07, 6.45) is 2.13. The van der Waals surface area contributed by atoms with Crippen LogP contribution in [0.4, 0.5) is 0 Å². The molecule has 1 saturated carbocycles. The lowest BCUT2D eigenvalue weighted by atomic mass is 10.0. The fraction of sp³-hybridized carbons (Fsp3) is 0.467. The maximum absolute atomic E-state index is 12.4. The van der Waals surface area contributed by atoms with Gasteiger partial charge in [-0.1, -0.05) is 30.7 Å². The molecule has 0 aromatic heterocycles. The van der Waals surface area contributed by atoms with Crippen molar-refractivity contribution in [3.05, 3.63) is 34.9 Å². The molecule has 5 heteroatoms. The van der Waals surface area contributed by atoms with E-state index >= 15 is 0 Å². The third kappa shape index (κ3) is 3.97. The number of halogens is 1. The van der Waals surface area contributed by atoms with Gasteiger partial charge in [-0.3, -0.25) is 9.59 Å². The highest BCUT2D eigenvalue weighted by Gasteiger charge is 2.35.